The van der Waals surface area contributed by atoms with Crippen molar-refractivity contribution in [3.05, 3.63) is 59.9 Å². The quantitative estimate of drug-likeness (QED) is 0.900. The van der Waals surface area contributed by atoms with Crippen LogP contribution in [0.25, 0.3) is 0 Å². The summed E-state index contributed by atoms with van der Waals surface area (Å²) in [7, 11) is 0. The number of aliphatic carboxylic acids is 1. The lowest BCUT2D eigenvalue weighted by Gasteiger charge is -2.07. The normalized spacial score (nSPS) is 10.1. The number of hydrogen-bond donors (Lipinski definition) is 1. The number of carbonyl (C=O) groups is 1. The fourth-order valence-electron chi connectivity index (χ4n) is 1.54. The lowest BCUT2D eigenvalue weighted by molar-refractivity contribution is -0.136. The summed E-state index contributed by atoms with van der Waals surface area (Å²) in [5.41, 5.74) is 0.107. The van der Waals surface area contributed by atoms with Crippen LogP contribution in [0.5, 0.6) is 11.5 Å². The van der Waals surface area contributed by atoms with Crippen molar-refractivity contribution in [2.24, 2.45) is 0 Å². The molecule has 0 aliphatic rings. The molecule has 3 nitrogen and oxygen atoms in total. The van der Waals surface area contributed by atoms with Crippen LogP contribution in [0.3, 0.4) is 0 Å². The van der Waals surface area contributed by atoms with Crippen LogP contribution < -0.4 is 4.74 Å². The SMILES string of the molecule is O=C(O)Cc1cc(Oc2ccccc2)ccc1F. The van der Waals surface area contributed by atoms with Crippen LogP contribution in [-0.2, 0) is 11.2 Å². The number of hydrogen-bond acceptors (Lipinski definition) is 2. The minimum atomic E-state index is -1.08. The van der Waals surface area contributed by atoms with Crippen LogP contribution in [0.1, 0.15) is 5.56 Å². The Kier molecular flexibility index (Phi) is 3.57. The molecule has 0 amide bonds. The summed E-state index contributed by atoms with van der Waals surface area (Å²) in [4.78, 5) is 10.6. The maximum atomic E-state index is 13.3. The van der Waals surface area contributed by atoms with Crippen LogP contribution in [0.2, 0.25) is 0 Å². The molecule has 0 fully saturated rings. The van der Waals surface area contributed by atoms with Gasteiger partial charge in [0.25, 0.3) is 0 Å². The third-order valence-electron chi connectivity index (χ3n) is 2.34. The predicted molar refractivity (Wildman–Crippen MR) is 64.3 cm³/mol. The van der Waals surface area contributed by atoms with Crippen LogP contribution in [0.4, 0.5) is 4.39 Å². The lowest BCUT2D eigenvalue weighted by atomic mass is 10.1. The Bertz CT molecular complexity index is 552. The van der Waals surface area contributed by atoms with Gasteiger partial charge in [0.1, 0.15) is 17.3 Å². The van der Waals surface area contributed by atoms with E-state index in [1.807, 2.05) is 18.2 Å². The fourth-order valence-corrected chi connectivity index (χ4v) is 1.54. The van der Waals surface area contributed by atoms with E-state index in [1.54, 1.807) is 12.1 Å². The molecular weight excluding hydrogens is 235 g/mol. The Balaban J connectivity index is 2.22. The van der Waals surface area contributed by atoms with Gasteiger partial charge in [-0.1, -0.05) is 18.2 Å². The van der Waals surface area contributed by atoms with Crippen LogP contribution >= 0.6 is 0 Å². The highest BCUT2D eigenvalue weighted by Crippen LogP contribution is 2.23. The van der Waals surface area contributed by atoms with Crippen molar-refractivity contribution >= 4 is 5.97 Å². The van der Waals surface area contributed by atoms with Gasteiger partial charge in [0.2, 0.25) is 0 Å². The summed E-state index contributed by atoms with van der Waals surface area (Å²) in [5, 5.41) is 8.66. The molecule has 0 aromatic heterocycles. The maximum Gasteiger partial charge on any atom is 0.307 e. The van der Waals surface area contributed by atoms with Gasteiger partial charge in [-0.3, -0.25) is 4.79 Å². The van der Waals surface area contributed by atoms with E-state index in [0.29, 0.717) is 11.5 Å². The Morgan fingerprint density at radius 2 is 1.83 bits per heavy atom. The summed E-state index contributed by atoms with van der Waals surface area (Å²) in [6, 6.07) is 13.1. The van der Waals surface area contributed by atoms with Crippen molar-refractivity contribution in [3.63, 3.8) is 0 Å². The van der Waals surface area contributed by atoms with Gasteiger partial charge >= 0.3 is 5.97 Å². The highest BCUT2D eigenvalue weighted by Gasteiger charge is 2.08. The van der Waals surface area contributed by atoms with E-state index in [0.717, 1.165) is 0 Å². The van der Waals surface area contributed by atoms with Crippen LogP contribution in [0, 0.1) is 5.82 Å². The van der Waals surface area contributed by atoms with Gasteiger partial charge in [-0.25, -0.2) is 4.39 Å². The molecule has 0 aliphatic carbocycles. The monoisotopic (exact) mass is 246 g/mol. The average molecular weight is 246 g/mol. The Hall–Kier alpha value is -2.36. The second-order valence-electron chi connectivity index (χ2n) is 3.74. The molecule has 2 rings (SSSR count). The van der Waals surface area contributed by atoms with E-state index >= 15 is 0 Å². The molecule has 0 saturated carbocycles. The van der Waals surface area contributed by atoms with Crippen molar-refractivity contribution in [2.75, 3.05) is 0 Å². The summed E-state index contributed by atoms with van der Waals surface area (Å²) >= 11 is 0. The first-order valence-corrected chi connectivity index (χ1v) is 5.38. The Morgan fingerprint density at radius 3 is 2.50 bits per heavy atom. The summed E-state index contributed by atoms with van der Waals surface area (Å²) < 4.78 is 18.8. The van der Waals surface area contributed by atoms with E-state index in [9.17, 15) is 9.18 Å². The molecular formula is C14H11FO3. The predicted octanol–water partition coefficient (Wildman–Crippen LogP) is 3.25. The summed E-state index contributed by atoms with van der Waals surface area (Å²) in [6.07, 6.45) is -0.363. The molecule has 18 heavy (non-hydrogen) atoms. The zero-order chi connectivity index (χ0) is 13.0. The van der Waals surface area contributed by atoms with Gasteiger partial charge in [-0.2, -0.15) is 0 Å². The number of para-hydroxylation sites is 1. The van der Waals surface area contributed by atoms with Crippen molar-refractivity contribution in [1.29, 1.82) is 0 Å². The van der Waals surface area contributed by atoms with Gasteiger partial charge in [-0.15, -0.1) is 0 Å². The van der Waals surface area contributed by atoms with Gasteiger partial charge in [0, 0.05) is 5.56 Å². The molecule has 0 aliphatic heterocycles. The van der Waals surface area contributed by atoms with E-state index < -0.39 is 11.8 Å². The third-order valence-corrected chi connectivity index (χ3v) is 2.34. The number of carboxylic acids is 1. The number of rotatable bonds is 4. The van der Waals surface area contributed by atoms with Gasteiger partial charge < -0.3 is 9.84 Å². The van der Waals surface area contributed by atoms with Crippen LogP contribution in [-0.4, -0.2) is 11.1 Å². The average Bonchev–Trinajstić information content (AvgIpc) is 2.34. The molecule has 0 atom stereocenters. The summed E-state index contributed by atoms with van der Waals surface area (Å²) in [5.74, 6) is -0.590. The molecule has 0 spiro atoms. The molecule has 1 N–H and O–H groups in total. The number of halogens is 1. The molecule has 4 heteroatoms. The highest BCUT2D eigenvalue weighted by atomic mass is 19.1. The zero-order valence-corrected chi connectivity index (χ0v) is 9.47. The second kappa shape index (κ2) is 5.31. The lowest BCUT2D eigenvalue weighted by Crippen LogP contribution is -2.02. The maximum absolute atomic E-state index is 13.3. The van der Waals surface area contributed by atoms with Crippen molar-refractivity contribution < 1.29 is 19.0 Å². The fraction of sp³-hybridized carbons (Fsp3) is 0.0714. The van der Waals surface area contributed by atoms with E-state index in [1.165, 1.54) is 18.2 Å². The van der Waals surface area contributed by atoms with Gasteiger partial charge in [-0.05, 0) is 30.3 Å². The first kappa shape index (κ1) is 12.1. The number of ether oxygens (including phenoxy) is 1. The molecule has 92 valence electrons. The van der Waals surface area contributed by atoms with Crippen molar-refractivity contribution in [2.45, 2.75) is 6.42 Å². The van der Waals surface area contributed by atoms with Crippen molar-refractivity contribution in [1.82, 2.24) is 0 Å². The van der Waals surface area contributed by atoms with Gasteiger partial charge in [0.15, 0.2) is 0 Å². The first-order chi connectivity index (χ1) is 8.65. The second-order valence-corrected chi connectivity index (χ2v) is 3.74. The van der Waals surface area contributed by atoms with E-state index in [-0.39, 0.29) is 12.0 Å². The summed E-state index contributed by atoms with van der Waals surface area (Å²) in [6.45, 7) is 0. The Labute approximate surface area is 103 Å². The van der Waals surface area contributed by atoms with E-state index in [4.69, 9.17) is 9.84 Å². The standard InChI is InChI=1S/C14H11FO3/c15-13-7-6-12(8-10(13)9-14(16)17)18-11-4-2-1-3-5-11/h1-8H,9H2,(H,16,17). The van der Waals surface area contributed by atoms with Crippen molar-refractivity contribution in [3.8, 4) is 11.5 Å². The van der Waals surface area contributed by atoms with Gasteiger partial charge in [0.05, 0.1) is 6.42 Å². The van der Waals surface area contributed by atoms with Crippen LogP contribution in [0.15, 0.2) is 48.5 Å². The molecule has 0 radical (unpaired) electrons. The Morgan fingerprint density at radius 1 is 1.11 bits per heavy atom. The smallest absolute Gasteiger partial charge is 0.307 e. The first-order valence-electron chi connectivity index (χ1n) is 5.38. The number of benzene rings is 2. The molecule has 2 aromatic rings. The zero-order valence-electron chi connectivity index (χ0n) is 9.47. The van der Waals surface area contributed by atoms with E-state index in [2.05, 4.69) is 0 Å². The number of carboxylic acid groups (broad SMARTS) is 1. The molecule has 0 saturated heterocycles. The minimum absolute atomic E-state index is 0.107. The highest BCUT2D eigenvalue weighted by molar-refractivity contribution is 5.70. The molecule has 2 aromatic carbocycles. The molecule has 0 unspecified atom stereocenters. The largest absolute Gasteiger partial charge is 0.481 e. The topological polar surface area (TPSA) is 46.5 Å². The third kappa shape index (κ3) is 3.07. The molecule has 0 heterocycles. The minimum Gasteiger partial charge on any atom is -0.481 e. The molecule has 0 bridgehead atoms.